The molecule has 0 aliphatic carbocycles. The van der Waals surface area contributed by atoms with Gasteiger partial charge in [-0.25, -0.2) is 0 Å². The van der Waals surface area contributed by atoms with E-state index in [1.54, 1.807) is 11.6 Å². The molecule has 0 fully saturated rings. The van der Waals surface area contributed by atoms with Gasteiger partial charge in [0.05, 0.1) is 22.5 Å². The van der Waals surface area contributed by atoms with Crippen molar-refractivity contribution in [2.75, 3.05) is 0 Å². The first-order chi connectivity index (χ1) is 9.93. The molecule has 114 valence electrons. The smallest absolute Gasteiger partial charge is 0.131 e. The van der Waals surface area contributed by atoms with Crippen LogP contribution in [0, 0.1) is 0 Å². The molecule has 1 aromatic carbocycles. The lowest BCUT2D eigenvalue weighted by molar-refractivity contribution is 0.189. The van der Waals surface area contributed by atoms with Crippen LogP contribution in [-0.4, -0.2) is 14.9 Å². The fourth-order valence-corrected chi connectivity index (χ4v) is 2.83. The normalized spacial score (nSPS) is 12.5. The van der Waals surface area contributed by atoms with Crippen LogP contribution in [0.1, 0.15) is 36.9 Å². The molecule has 0 radical (unpaired) electrons. The second kappa shape index (κ2) is 6.81. The summed E-state index contributed by atoms with van der Waals surface area (Å²) in [6.07, 6.45) is 0.176. The van der Waals surface area contributed by atoms with Gasteiger partial charge in [-0.15, -0.1) is 0 Å². The molecule has 2 rings (SSSR count). The maximum atomic E-state index is 9.83. The minimum atomic E-state index is -0.606. The molecular formula is C15H18BrClN2O2. The summed E-state index contributed by atoms with van der Waals surface area (Å²) in [4.78, 5) is 0. The number of aliphatic hydroxyl groups is 1. The molecule has 1 aromatic heterocycles. The van der Waals surface area contributed by atoms with Crippen LogP contribution in [-0.2, 0) is 20.1 Å². The second-order valence-electron chi connectivity index (χ2n) is 4.83. The van der Waals surface area contributed by atoms with Crippen molar-refractivity contribution >= 4 is 27.5 Å². The molecule has 0 aliphatic rings. The first-order valence-electron chi connectivity index (χ1n) is 6.74. The van der Waals surface area contributed by atoms with Gasteiger partial charge in [0.25, 0.3) is 0 Å². The Kier molecular flexibility index (Phi) is 5.30. The quantitative estimate of drug-likeness (QED) is 0.860. The van der Waals surface area contributed by atoms with Crippen molar-refractivity contribution in [1.82, 2.24) is 9.78 Å². The number of hydrogen-bond donors (Lipinski definition) is 1. The van der Waals surface area contributed by atoms with Crippen LogP contribution in [0.25, 0.3) is 0 Å². The van der Waals surface area contributed by atoms with Crippen molar-refractivity contribution in [2.45, 2.75) is 33.0 Å². The summed E-state index contributed by atoms with van der Waals surface area (Å²) in [6, 6.07) is 5.56. The minimum Gasteiger partial charge on any atom is -0.487 e. The average molecular weight is 374 g/mol. The Hall–Kier alpha value is -1.04. The number of aliphatic hydroxyl groups excluding tert-OH is 1. The highest BCUT2D eigenvalue weighted by Gasteiger charge is 2.15. The zero-order valence-corrected chi connectivity index (χ0v) is 14.6. The molecular weight excluding hydrogens is 356 g/mol. The van der Waals surface area contributed by atoms with E-state index in [1.165, 1.54) is 0 Å². The van der Waals surface area contributed by atoms with Crippen molar-refractivity contribution in [3.8, 4) is 5.75 Å². The highest BCUT2D eigenvalue weighted by molar-refractivity contribution is 9.10. The van der Waals surface area contributed by atoms with Crippen LogP contribution in [0.4, 0.5) is 0 Å². The largest absolute Gasteiger partial charge is 0.487 e. The van der Waals surface area contributed by atoms with Crippen molar-refractivity contribution in [3.63, 3.8) is 0 Å². The van der Waals surface area contributed by atoms with Crippen LogP contribution < -0.4 is 4.74 Å². The van der Waals surface area contributed by atoms with Gasteiger partial charge in [-0.1, -0.05) is 34.5 Å². The fourth-order valence-electron chi connectivity index (χ4n) is 2.10. The molecule has 0 bridgehead atoms. The molecule has 0 unspecified atom stereocenters. The highest BCUT2D eigenvalue weighted by atomic mass is 79.9. The Bertz CT molecular complexity index is 641. The molecule has 1 N–H and O–H groups in total. The summed E-state index contributed by atoms with van der Waals surface area (Å²) >= 11 is 9.70. The Morgan fingerprint density at radius 2 is 2.19 bits per heavy atom. The summed E-state index contributed by atoms with van der Waals surface area (Å²) in [6.45, 7) is 4.03. The van der Waals surface area contributed by atoms with Crippen LogP contribution >= 0.6 is 27.5 Å². The van der Waals surface area contributed by atoms with E-state index in [0.29, 0.717) is 17.4 Å². The van der Waals surface area contributed by atoms with Gasteiger partial charge in [-0.3, -0.25) is 4.68 Å². The van der Waals surface area contributed by atoms with Gasteiger partial charge in [0.2, 0.25) is 0 Å². The summed E-state index contributed by atoms with van der Waals surface area (Å²) in [5.74, 6) is 0.642. The van der Waals surface area contributed by atoms with Crippen LogP contribution in [0.5, 0.6) is 5.75 Å². The number of rotatable bonds is 5. The van der Waals surface area contributed by atoms with E-state index in [4.69, 9.17) is 16.3 Å². The van der Waals surface area contributed by atoms with E-state index in [9.17, 15) is 5.11 Å². The van der Waals surface area contributed by atoms with E-state index in [1.807, 2.05) is 32.2 Å². The van der Waals surface area contributed by atoms with Gasteiger partial charge < -0.3 is 9.84 Å². The van der Waals surface area contributed by atoms with E-state index in [0.717, 1.165) is 27.8 Å². The third kappa shape index (κ3) is 3.59. The maximum absolute atomic E-state index is 9.83. The van der Waals surface area contributed by atoms with Gasteiger partial charge in [0, 0.05) is 17.1 Å². The van der Waals surface area contributed by atoms with Crippen molar-refractivity contribution < 1.29 is 9.84 Å². The molecule has 0 aliphatic heterocycles. The summed E-state index contributed by atoms with van der Waals surface area (Å²) in [7, 11) is 1.85. The standard InChI is InChI=1S/C15H18BrClN2O2/c1-4-12-15(17)13(19(3)18-12)8-21-14-6-5-10(16)7-11(14)9(2)20/h5-7,9,20H,4,8H2,1-3H3/t9-/m0/s1. The molecule has 21 heavy (non-hydrogen) atoms. The molecule has 0 amide bonds. The van der Waals surface area contributed by atoms with Gasteiger partial charge in [-0.2, -0.15) is 5.10 Å². The number of aromatic nitrogens is 2. The molecule has 4 nitrogen and oxygen atoms in total. The van der Waals surface area contributed by atoms with Gasteiger partial charge in [-0.05, 0) is 31.5 Å². The Morgan fingerprint density at radius 3 is 2.76 bits per heavy atom. The summed E-state index contributed by atoms with van der Waals surface area (Å²) in [5, 5.41) is 14.8. The topological polar surface area (TPSA) is 47.3 Å². The van der Waals surface area contributed by atoms with Crippen molar-refractivity contribution in [2.24, 2.45) is 7.05 Å². The third-order valence-corrected chi connectivity index (χ3v) is 4.22. The predicted molar refractivity (Wildman–Crippen MR) is 86.7 cm³/mol. The lowest BCUT2D eigenvalue weighted by Gasteiger charge is -2.14. The number of hydrogen-bond acceptors (Lipinski definition) is 3. The van der Waals surface area contributed by atoms with Gasteiger partial charge >= 0.3 is 0 Å². The van der Waals surface area contributed by atoms with E-state index in [-0.39, 0.29) is 0 Å². The number of nitrogens with zero attached hydrogens (tertiary/aromatic N) is 2. The van der Waals surface area contributed by atoms with Crippen molar-refractivity contribution in [1.29, 1.82) is 0 Å². The molecule has 1 atom stereocenters. The predicted octanol–water partition coefficient (Wildman–Crippen LogP) is 4.03. The van der Waals surface area contributed by atoms with E-state index in [2.05, 4.69) is 21.0 Å². The van der Waals surface area contributed by atoms with E-state index >= 15 is 0 Å². The number of benzene rings is 1. The van der Waals surface area contributed by atoms with Crippen molar-refractivity contribution in [3.05, 3.63) is 44.6 Å². The monoisotopic (exact) mass is 372 g/mol. The Morgan fingerprint density at radius 1 is 1.48 bits per heavy atom. The van der Waals surface area contributed by atoms with Crippen LogP contribution in [0.3, 0.4) is 0 Å². The first-order valence-corrected chi connectivity index (χ1v) is 7.91. The lowest BCUT2D eigenvalue weighted by Crippen LogP contribution is -2.05. The fraction of sp³-hybridized carbons (Fsp3) is 0.400. The SMILES string of the molecule is CCc1nn(C)c(COc2ccc(Br)cc2[C@H](C)O)c1Cl. The zero-order chi connectivity index (χ0) is 15.6. The number of ether oxygens (including phenoxy) is 1. The number of aryl methyl sites for hydroxylation is 2. The first kappa shape index (κ1) is 16.3. The Balaban J connectivity index is 2.23. The number of halogens is 2. The molecule has 2 aromatic rings. The molecule has 6 heteroatoms. The van der Waals surface area contributed by atoms with Gasteiger partial charge in [0.1, 0.15) is 12.4 Å². The van der Waals surface area contributed by atoms with Crippen LogP contribution in [0.2, 0.25) is 5.02 Å². The molecule has 0 spiro atoms. The maximum Gasteiger partial charge on any atom is 0.131 e. The summed E-state index contributed by atoms with van der Waals surface area (Å²) < 4.78 is 8.47. The third-order valence-electron chi connectivity index (χ3n) is 3.29. The van der Waals surface area contributed by atoms with Gasteiger partial charge in [0.15, 0.2) is 0 Å². The van der Waals surface area contributed by atoms with Crippen LogP contribution in [0.15, 0.2) is 22.7 Å². The lowest BCUT2D eigenvalue weighted by atomic mass is 10.1. The highest BCUT2D eigenvalue weighted by Crippen LogP contribution is 2.30. The Labute approximate surface area is 137 Å². The zero-order valence-electron chi connectivity index (χ0n) is 12.2. The van der Waals surface area contributed by atoms with E-state index < -0.39 is 6.10 Å². The molecule has 1 heterocycles. The minimum absolute atomic E-state index is 0.309. The molecule has 0 saturated carbocycles. The average Bonchev–Trinajstić information content (AvgIpc) is 2.72. The second-order valence-corrected chi connectivity index (χ2v) is 6.12. The summed E-state index contributed by atoms with van der Waals surface area (Å²) in [5.41, 5.74) is 2.43. The molecule has 0 saturated heterocycles.